The Balaban J connectivity index is 1.78. The highest BCUT2D eigenvalue weighted by molar-refractivity contribution is 7.89. The van der Waals surface area contributed by atoms with Gasteiger partial charge in [0.2, 0.25) is 15.9 Å². The third-order valence-electron chi connectivity index (χ3n) is 4.40. The van der Waals surface area contributed by atoms with Gasteiger partial charge < -0.3 is 10.2 Å². The Hall–Kier alpha value is -3.16. The predicted octanol–water partition coefficient (Wildman–Crippen LogP) is 3.29. The molecule has 3 rings (SSSR count). The summed E-state index contributed by atoms with van der Waals surface area (Å²) in [5.41, 5.74) is 3.52. The second-order valence-corrected chi connectivity index (χ2v) is 8.36. The number of nitrogens with zero attached hydrogens (tertiary/aromatic N) is 1. The van der Waals surface area contributed by atoms with Gasteiger partial charge in [0.05, 0.1) is 11.4 Å². The van der Waals surface area contributed by atoms with Gasteiger partial charge in [-0.05, 0) is 42.8 Å². The molecule has 0 radical (unpaired) electrons. The lowest BCUT2D eigenvalue weighted by Gasteiger charge is -2.24. The van der Waals surface area contributed by atoms with E-state index < -0.39 is 10.0 Å². The van der Waals surface area contributed by atoms with Gasteiger partial charge in [0.15, 0.2) is 0 Å². The highest BCUT2D eigenvalue weighted by Gasteiger charge is 2.14. The smallest absolute Gasteiger partial charge is 0.243 e. The molecule has 1 amide bonds. The van der Waals surface area contributed by atoms with E-state index in [4.69, 9.17) is 5.14 Å². The maximum Gasteiger partial charge on any atom is 0.243 e. The molecule has 3 N–H and O–H groups in total. The van der Waals surface area contributed by atoms with Crippen molar-refractivity contribution in [1.82, 2.24) is 0 Å². The van der Waals surface area contributed by atoms with Gasteiger partial charge in [-0.25, -0.2) is 13.6 Å². The third kappa shape index (κ3) is 5.91. The number of nitrogens with two attached hydrogens (primary N) is 1. The Bertz CT molecular complexity index is 1080. The van der Waals surface area contributed by atoms with Crippen molar-refractivity contribution >= 4 is 27.3 Å². The van der Waals surface area contributed by atoms with E-state index >= 15 is 0 Å². The van der Waals surface area contributed by atoms with Crippen molar-refractivity contribution < 1.29 is 13.2 Å². The summed E-state index contributed by atoms with van der Waals surface area (Å²) in [6, 6.07) is 23.7. The molecule has 0 aliphatic rings. The van der Waals surface area contributed by atoms with E-state index in [0.29, 0.717) is 12.2 Å². The van der Waals surface area contributed by atoms with Gasteiger partial charge in [0, 0.05) is 17.9 Å². The molecule has 0 heterocycles. The molecule has 29 heavy (non-hydrogen) atoms. The molecule has 6 nitrogen and oxygen atoms in total. The first-order chi connectivity index (χ1) is 13.8. The molecule has 0 aromatic heterocycles. The van der Waals surface area contributed by atoms with Crippen LogP contribution in [0.1, 0.15) is 11.1 Å². The summed E-state index contributed by atoms with van der Waals surface area (Å²) in [7, 11) is -3.83. The van der Waals surface area contributed by atoms with Gasteiger partial charge >= 0.3 is 0 Å². The first-order valence-corrected chi connectivity index (χ1v) is 10.6. The van der Waals surface area contributed by atoms with Crippen LogP contribution in [0.5, 0.6) is 0 Å². The second kappa shape index (κ2) is 8.89. The molecule has 0 bridgehead atoms. The van der Waals surface area contributed by atoms with Gasteiger partial charge in [-0.2, -0.15) is 0 Å². The fourth-order valence-electron chi connectivity index (χ4n) is 2.92. The molecule has 0 saturated carbocycles. The first-order valence-electron chi connectivity index (χ1n) is 9.09. The van der Waals surface area contributed by atoms with Crippen LogP contribution >= 0.6 is 0 Å². The zero-order chi connectivity index (χ0) is 20.9. The zero-order valence-electron chi connectivity index (χ0n) is 16.1. The number of nitrogens with one attached hydrogen (secondary N) is 1. The number of carbonyl (C=O) groups excluding carboxylic acids is 1. The molecule has 0 aliphatic heterocycles. The van der Waals surface area contributed by atoms with Gasteiger partial charge in [-0.15, -0.1) is 0 Å². The monoisotopic (exact) mass is 409 g/mol. The van der Waals surface area contributed by atoms with Crippen molar-refractivity contribution in [2.75, 3.05) is 16.8 Å². The van der Waals surface area contributed by atoms with Crippen LogP contribution in [0.4, 0.5) is 11.4 Å². The number of hydrogen-bond acceptors (Lipinski definition) is 4. The minimum atomic E-state index is -3.83. The summed E-state index contributed by atoms with van der Waals surface area (Å²) in [6.45, 7) is 2.68. The first kappa shape index (κ1) is 20.6. The largest absolute Gasteiger partial charge is 0.358 e. The molecule has 0 fully saturated rings. The minimum absolute atomic E-state index is 0.0463. The highest BCUT2D eigenvalue weighted by Crippen LogP contribution is 2.19. The van der Waals surface area contributed by atoms with Crippen molar-refractivity contribution in [2.24, 2.45) is 5.14 Å². The van der Waals surface area contributed by atoms with E-state index in [1.54, 1.807) is 6.07 Å². The molecule has 3 aromatic rings. The Labute approximate surface area is 171 Å². The summed E-state index contributed by atoms with van der Waals surface area (Å²) in [6.07, 6.45) is 0. The minimum Gasteiger partial charge on any atom is -0.358 e. The highest BCUT2D eigenvalue weighted by atomic mass is 32.2. The van der Waals surface area contributed by atoms with E-state index in [0.717, 1.165) is 16.8 Å². The topological polar surface area (TPSA) is 92.5 Å². The Morgan fingerprint density at radius 2 is 1.66 bits per heavy atom. The molecule has 150 valence electrons. The van der Waals surface area contributed by atoms with E-state index in [1.165, 1.54) is 18.2 Å². The number of anilines is 2. The molecule has 0 saturated heterocycles. The quantitative estimate of drug-likeness (QED) is 0.626. The van der Waals surface area contributed by atoms with Crippen molar-refractivity contribution in [3.05, 3.63) is 90.0 Å². The molecule has 0 spiro atoms. The number of benzene rings is 3. The predicted molar refractivity (Wildman–Crippen MR) is 115 cm³/mol. The fraction of sp³-hybridized carbons (Fsp3) is 0.136. The van der Waals surface area contributed by atoms with Gasteiger partial charge in [-0.3, -0.25) is 4.79 Å². The van der Waals surface area contributed by atoms with Crippen molar-refractivity contribution in [3.8, 4) is 0 Å². The maximum atomic E-state index is 12.7. The lowest BCUT2D eigenvalue weighted by Crippen LogP contribution is -2.33. The number of carbonyl (C=O) groups is 1. The van der Waals surface area contributed by atoms with Crippen LogP contribution < -0.4 is 15.4 Å². The summed E-state index contributed by atoms with van der Waals surface area (Å²) in [5, 5.41) is 7.91. The lowest BCUT2D eigenvalue weighted by atomic mass is 10.1. The normalized spacial score (nSPS) is 11.1. The number of rotatable bonds is 7. The summed E-state index contributed by atoms with van der Waals surface area (Å²) in [5.74, 6) is -0.256. The average Bonchev–Trinajstić information content (AvgIpc) is 2.68. The van der Waals surface area contributed by atoms with Crippen LogP contribution in [0, 0.1) is 6.92 Å². The molecule has 3 aromatic carbocycles. The summed E-state index contributed by atoms with van der Waals surface area (Å²) in [4.78, 5) is 14.6. The van der Waals surface area contributed by atoms with Crippen molar-refractivity contribution in [1.29, 1.82) is 0 Å². The van der Waals surface area contributed by atoms with Gasteiger partial charge in [0.1, 0.15) is 0 Å². The average molecular weight is 410 g/mol. The molecular weight excluding hydrogens is 386 g/mol. The number of primary sulfonamides is 1. The Morgan fingerprint density at radius 3 is 2.31 bits per heavy atom. The lowest BCUT2D eigenvalue weighted by molar-refractivity contribution is -0.115. The molecule has 0 aliphatic carbocycles. The van der Waals surface area contributed by atoms with E-state index in [-0.39, 0.29) is 17.3 Å². The van der Waals surface area contributed by atoms with Crippen LogP contribution in [0.3, 0.4) is 0 Å². The van der Waals surface area contributed by atoms with E-state index in [1.807, 2.05) is 66.4 Å². The van der Waals surface area contributed by atoms with Crippen LogP contribution in [0.25, 0.3) is 0 Å². The van der Waals surface area contributed by atoms with Gasteiger partial charge in [-0.1, -0.05) is 54.1 Å². The molecule has 0 unspecified atom stereocenters. The fourth-order valence-corrected chi connectivity index (χ4v) is 3.48. The van der Waals surface area contributed by atoms with E-state index in [2.05, 4.69) is 5.32 Å². The molecule has 0 atom stereocenters. The molecular formula is C22H23N3O3S. The standard InChI is InChI=1S/C22H23N3O3S/c1-17-10-12-20(13-11-17)25(15-18-6-3-2-4-7-18)16-22(26)24-19-8-5-9-21(14-19)29(23,27)28/h2-14H,15-16H2,1H3,(H,24,26)(H2,23,27,28). The van der Waals surface area contributed by atoms with Crippen LogP contribution in [0.2, 0.25) is 0 Å². The Morgan fingerprint density at radius 1 is 0.966 bits per heavy atom. The van der Waals surface area contributed by atoms with Crippen molar-refractivity contribution in [2.45, 2.75) is 18.4 Å². The van der Waals surface area contributed by atoms with Gasteiger partial charge in [0.25, 0.3) is 0 Å². The number of amides is 1. The Kier molecular flexibility index (Phi) is 6.31. The number of sulfonamides is 1. The second-order valence-electron chi connectivity index (χ2n) is 6.80. The summed E-state index contributed by atoms with van der Waals surface area (Å²) < 4.78 is 23.0. The van der Waals surface area contributed by atoms with E-state index in [9.17, 15) is 13.2 Å². The zero-order valence-corrected chi connectivity index (χ0v) is 16.9. The van der Waals surface area contributed by atoms with Crippen LogP contribution in [-0.2, 0) is 21.4 Å². The number of hydrogen-bond donors (Lipinski definition) is 2. The number of aryl methyl sites for hydroxylation is 1. The third-order valence-corrected chi connectivity index (χ3v) is 5.31. The van der Waals surface area contributed by atoms with Crippen LogP contribution in [0.15, 0.2) is 83.8 Å². The summed E-state index contributed by atoms with van der Waals surface area (Å²) >= 11 is 0. The van der Waals surface area contributed by atoms with Crippen LogP contribution in [-0.4, -0.2) is 20.9 Å². The maximum absolute atomic E-state index is 12.7. The molecule has 7 heteroatoms. The SMILES string of the molecule is Cc1ccc(N(CC(=O)Nc2cccc(S(N)(=O)=O)c2)Cc2ccccc2)cc1. The van der Waals surface area contributed by atoms with Crippen molar-refractivity contribution in [3.63, 3.8) is 0 Å².